The van der Waals surface area contributed by atoms with Crippen LogP contribution in [0.15, 0.2) is 73.2 Å². The van der Waals surface area contributed by atoms with Crippen molar-refractivity contribution in [3.05, 3.63) is 76.0 Å². The van der Waals surface area contributed by atoms with Gasteiger partial charge in [-0.25, -0.2) is 8.42 Å². The topological polar surface area (TPSA) is 63.7 Å². The van der Waals surface area contributed by atoms with Crippen LogP contribution in [0.3, 0.4) is 0 Å². The van der Waals surface area contributed by atoms with Crippen LogP contribution in [0.5, 0.6) is 0 Å². The second-order valence-electron chi connectivity index (χ2n) is 5.01. The van der Waals surface area contributed by atoms with Gasteiger partial charge in [0.1, 0.15) is 16.4 Å². The molecule has 0 bridgehead atoms. The SMILES string of the molecule is O=S(=O)(c1ccc(Br)cc1Cl)N(Cc1ccco1)Cc1ccco1. The molecule has 0 saturated carbocycles. The molecule has 3 rings (SSSR count). The Balaban J connectivity index is 1.99. The minimum absolute atomic E-state index is 0.0329. The number of rotatable bonds is 6. The third kappa shape index (κ3) is 3.75. The molecule has 24 heavy (non-hydrogen) atoms. The lowest BCUT2D eigenvalue weighted by Gasteiger charge is -2.21. The molecule has 0 unspecified atom stereocenters. The molecular weight excluding hydrogens is 418 g/mol. The summed E-state index contributed by atoms with van der Waals surface area (Å²) in [7, 11) is -3.84. The molecule has 0 radical (unpaired) electrons. The monoisotopic (exact) mass is 429 g/mol. The van der Waals surface area contributed by atoms with Gasteiger partial charge in [0.15, 0.2) is 0 Å². The predicted octanol–water partition coefficient (Wildman–Crippen LogP) is 4.68. The molecule has 2 aromatic heterocycles. The van der Waals surface area contributed by atoms with Gasteiger partial charge in [-0.2, -0.15) is 4.31 Å². The van der Waals surface area contributed by atoms with Crippen LogP contribution in [0.1, 0.15) is 11.5 Å². The lowest BCUT2D eigenvalue weighted by atomic mass is 10.4. The van der Waals surface area contributed by atoms with E-state index >= 15 is 0 Å². The number of benzene rings is 1. The molecule has 1 aromatic carbocycles. The van der Waals surface area contributed by atoms with Gasteiger partial charge in [0.25, 0.3) is 0 Å². The van der Waals surface area contributed by atoms with Crippen molar-refractivity contribution in [2.75, 3.05) is 0 Å². The summed E-state index contributed by atoms with van der Waals surface area (Å²) >= 11 is 9.41. The van der Waals surface area contributed by atoms with Crippen LogP contribution in [0.25, 0.3) is 0 Å². The van der Waals surface area contributed by atoms with E-state index in [1.54, 1.807) is 36.4 Å². The molecule has 0 aliphatic carbocycles. The molecule has 5 nitrogen and oxygen atoms in total. The van der Waals surface area contributed by atoms with Crippen LogP contribution >= 0.6 is 27.5 Å². The minimum Gasteiger partial charge on any atom is -0.468 e. The summed E-state index contributed by atoms with van der Waals surface area (Å²) in [4.78, 5) is 0.0329. The summed E-state index contributed by atoms with van der Waals surface area (Å²) in [5.74, 6) is 1.05. The van der Waals surface area contributed by atoms with Crippen molar-refractivity contribution in [1.29, 1.82) is 0 Å². The third-order valence-corrected chi connectivity index (χ3v) is 6.10. The van der Waals surface area contributed by atoms with Gasteiger partial charge in [0, 0.05) is 4.47 Å². The van der Waals surface area contributed by atoms with Crippen molar-refractivity contribution in [3.63, 3.8) is 0 Å². The van der Waals surface area contributed by atoms with E-state index in [0.29, 0.717) is 16.0 Å². The first-order valence-corrected chi connectivity index (χ1v) is 9.58. The third-order valence-electron chi connectivity index (χ3n) is 3.34. The van der Waals surface area contributed by atoms with Gasteiger partial charge in [-0.15, -0.1) is 0 Å². The molecule has 3 aromatic rings. The maximum atomic E-state index is 13.1. The van der Waals surface area contributed by atoms with Gasteiger partial charge in [0.05, 0.1) is 30.6 Å². The number of hydrogen-bond donors (Lipinski definition) is 0. The summed E-state index contributed by atoms with van der Waals surface area (Å²) < 4.78 is 38.7. The van der Waals surface area contributed by atoms with E-state index in [1.165, 1.54) is 22.9 Å². The molecule has 0 atom stereocenters. The maximum Gasteiger partial charge on any atom is 0.245 e. The van der Waals surface area contributed by atoms with E-state index in [0.717, 1.165) is 0 Å². The van der Waals surface area contributed by atoms with Crippen molar-refractivity contribution in [1.82, 2.24) is 4.31 Å². The molecule has 0 saturated heterocycles. The van der Waals surface area contributed by atoms with Crippen molar-refractivity contribution in [3.8, 4) is 0 Å². The van der Waals surface area contributed by atoms with Gasteiger partial charge in [0.2, 0.25) is 10.0 Å². The lowest BCUT2D eigenvalue weighted by molar-refractivity contribution is 0.330. The fourth-order valence-corrected chi connectivity index (χ4v) is 4.59. The summed E-state index contributed by atoms with van der Waals surface area (Å²) in [6.07, 6.45) is 3.00. The first-order valence-electron chi connectivity index (χ1n) is 6.97. The van der Waals surface area contributed by atoms with Crippen molar-refractivity contribution < 1.29 is 17.3 Å². The van der Waals surface area contributed by atoms with Gasteiger partial charge < -0.3 is 8.83 Å². The zero-order chi connectivity index (χ0) is 17.2. The Kier molecular flexibility index (Phi) is 5.15. The van der Waals surface area contributed by atoms with Gasteiger partial charge in [-0.3, -0.25) is 0 Å². The highest BCUT2D eigenvalue weighted by Crippen LogP contribution is 2.29. The number of sulfonamides is 1. The smallest absolute Gasteiger partial charge is 0.245 e. The quantitative estimate of drug-likeness (QED) is 0.569. The molecule has 0 fully saturated rings. The Morgan fingerprint density at radius 1 is 1.00 bits per heavy atom. The summed E-state index contributed by atoms with van der Waals surface area (Å²) in [5, 5.41) is 0.147. The second-order valence-corrected chi connectivity index (χ2v) is 8.24. The van der Waals surface area contributed by atoms with Crippen molar-refractivity contribution >= 4 is 37.6 Å². The Morgan fingerprint density at radius 3 is 2.04 bits per heavy atom. The number of furan rings is 2. The standard InChI is InChI=1S/C16H13BrClNO4S/c17-12-5-6-16(15(18)9-12)24(20,21)19(10-13-3-1-7-22-13)11-14-4-2-8-23-14/h1-9H,10-11H2. The first-order chi connectivity index (χ1) is 11.5. The highest BCUT2D eigenvalue weighted by molar-refractivity contribution is 9.10. The van der Waals surface area contributed by atoms with Crippen LogP contribution in [0.4, 0.5) is 0 Å². The Hall–Kier alpha value is -1.54. The van der Waals surface area contributed by atoms with E-state index in [-0.39, 0.29) is 23.0 Å². The normalized spacial score (nSPS) is 12.0. The van der Waals surface area contributed by atoms with E-state index in [9.17, 15) is 8.42 Å². The van der Waals surface area contributed by atoms with E-state index in [4.69, 9.17) is 20.4 Å². The zero-order valence-electron chi connectivity index (χ0n) is 12.4. The number of hydrogen-bond acceptors (Lipinski definition) is 4. The van der Waals surface area contributed by atoms with E-state index < -0.39 is 10.0 Å². The van der Waals surface area contributed by atoms with Crippen molar-refractivity contribution in [2.24, 2.45) is 0 Å². The zero-order valence-corrected chi connectivity index (χ0v) is 15.5. The molecule has 8 heteroatoms. The lowest BCUT2D eigenvalue weighted by Crippen LogP contribution is -2.30. The van der Waals surface area contributed by atoms with E-state index in [1.807, 2.05) is 0 Å². The molecular formula is C16H13BrClNO4S. The van der Waals surface area contributed by atoms with Crippen LogP contribution in [-0.4, -0.2) is 12.7 Å². The summed E-state index contributed by atoms with van der Waals surface area (Å²) in [5.41, 5.74) is 0. The molecule has 0 aliphatic rings. The van der Waals surface area contributed by atoms with Gasteiger partial charge >= 0.3 is 0 Å². The Labute approximate surface area is 153 Å². The molecule has 0 amide bonds. The summed E-state index contributed by atoms with van der Waals surface area (Å²) in [6, 6.07) is 11.5. The fraction of sp³-hybridized carbons (Fsp3) is 0.125. The second kappa shape index (κ2) is 7.14. The molecule has 0 spiro atoms. The predicted molar refractivity (Wildman–Crippen MR) is 93.0 cm³/mol. The van der Waals surface area contributed by atoms with E-state index in [2.05, 4.69) is 15.9 Å². The van der Waals surface area contributed by atoms with Gasteiger partial charge in [-0.1, -0.05) is 27.5 Å². The maximum absolute atomic E-state index is 13.1. The van der Waals surface area contributed by atoms with Crippen LogP contribution in [-0.2, 0) is 23.1 Å². The number of halogens is 2. The highest BCUT2D eigenvalue weighted by atomic mass is 79.9. The van der Waals surface area contributed by atoms with Crippen LogP contribution in [0.2, 0.25) is 5.02 Å². The van der Waals surface area contributed by atoms with Gasteiger partial charge in [-0.05, 0) is 42.5 Å². The molecule has 0 N–H and O–H groups in total. The summed E-state index contributed by atoms with van der Waals surface area (Å²) in [6.45, 7) is 0.144. The Bertz CT molecular complexity index is 871. The number of nitrogens with zero attached hydrogens (tertiary/aromatic N) is 1. The van der Waals surface area contributed by atoms with Crippen LogP contribution < -0.4 is 0 Å². The van der Waals surface area contributed by atoms with Crippen LogP contribution in [0, 0.1) is 0 Å². The molecule has 2 heterocycles. The van der Waals surface area contributed by atoms with Crippen molar-refractivity contribution in [2.45, 2.75) is 18.0 Å². The first kappa shape index (κ1) is 17.3. The highest BCUT2D eigenvalue weighted by Gasteiger charge is 2.28. The average Bonchev–Trinajstić information content (AvgIpc) is 3.19. The minimum atomic E-state index is -3.84. The Morgan fingerprint density at radius 2 is 1.58 bits per heavy atom. The molecule has 126 valence electrons. The fourth-order valence-electron chi connectivity index (χ4n) is 2.20. The largest absolute Gasteiger partial charge is 0.468 e. The average molecular weight is 431 g/mol. The molecule has 0 aliphatic heterocycles.